The highest BCUT2D eigenvalue weighted by atomic mass is 19.1. The molecule has 0 aliphatic rings. The van der Waals surface area contributed by atoms with Gasteiger partial charge in [-0.3, -0.25) is 9.36 Å². The first kappa shape index (κ1) is 18.5. The highest BCUT2D eigenvalue weighted by molar-refractivity contribution is 5.56. The Morgan fingerprint density at radius 3 is 2.41 bits per heavy atom. The van der Waals surface area contributed by atoms with Crippen molar-refractivity contribution in [1.29, 1.82) is 5.26 Å². The maximum absolute atomic E-state index is 13.3. The molecular formula is C21H18FN3O2. The molecule has 0 radical (unpaired) electrons. The maximum Gasteiger partial charge on any atom is 0.257 e. The Morgan fingerprint density at radius 1 is 1.15 bits per heavy atom. The fourth-order valence-electron chi connectivity index (χ4n) is 2.93. The molecule has 0 bridgehead atoms. The average Bonchev–Trinajstić information content (AvgIpc) is 2.68. The molecule has 3 rings (SSSR count). The predicted octanol–water partition coefficient (Wildman–Crippen LogP) is 2.81. The van der Waals surface area contributed by atoms with E-state index in [0.717, 1.165) is 5.56 Å². The Hall–Kier alpha value is -3.30. The first-order valence-corrected chi connectivity index (χ1v) is 8.49. The first-order chi connectivity index (χ1) is 13.0. The highest BCUT2D eigenvalue weighted by Gasteiger charge is 2.16. The number of halogens is 1. The number of nitrogens with zero attached hydrogens (tertiary/aromatic N) is 3. The van der Waals surface area contributed by atoms with Gasteiger partial charge in [-0.1, -0.05) is 12.1 Å². The minimum absolute atomic E-state index is 0.148. The van der Waals surface area contributed by atoms with Gasteiger partial charge in [0, 0.05) is 29.8 Å². The minimum atomic E-state index is -0.367. The van der Waals surface area contributed by atoms with Crippen molar-refractivity contribution in [2.24, 2.45) is 0 Å². The van der Waals surface area contributed by atoms with E-state index in [9.17, 15) is 14.3 Å². The highest BCUT2D eigenvalue weighted by Crippen LogP contribution is 2.19. The Balaban J connectivity index is 2.15. The maximum atomic E-state index is 13.3. The molecule has 3 aromatic rings. The Kier molecular flexibility index (Phi) is 5.43. The molecule has 0 unspecified atom stereocenters. The van der Waals surface area contributed by atoms with E-state index in [1.807, 2.05) is 0 Å². The van der Waals surface area contributed by atoms with Crippen molar-refractivity contribution >= 4 is 0 Å². The molecule has 6 heteroatoms. The van der Waals surface area contributed by atoms with Gasteiger partial charge in [-0.15, -0.1) is 0 Å². The van der Waals surface area contributed by atoms with Crippen LogP contribution in [0.4, 0.5) is 4.39 Å². The van der Waals surface area contributed by atoms with Crippen molar-refractivity contribution < 1.29 is 9.50 Å². The zero-order valence-corrected chi connectivity index (χ0v) is 14.8. The van der Waals surface area contributed by atoms with Crippen LogP contribution in [0.2, 0.25) is 0 Å². The summed E-state index contributed by atoms with van der Waals surface area (Å²) in [5.74, 6) is 0.0666. The molecule has 0 fully saturated rings. The van der Waals surface area contributed by atoms with Gasteiger partial charge in [0.05, 0.1) is 18.2 Å². The van der Waals surface area contributed by atoms with E-state index in [4.69, 9.17) is 5.26 Å². The van der Waals surface area contributed by atoms with Crippen LogP contribution in [0, 0.1) is 24.1 Å². The van der Waals surface area contributed by atoms with Gasteiger partial charge in [0.25, 0.3) is 5.56 Å². The Bertz CT molecular complexity index is 1050. The van der Waals surface area contributed by atoms with E-state index in [0.29, 0.717) is 28.2 Å². The van der Waals surface area contributed by atoms with Gasteiger partial charge in [0.2, 0.25) is 0 Å². The SMILES string of the molecule is Cc1nc(-c2ccc(F)cc2)n(Cc2ccc(C#N)cc2)c(=O)c1CCO. The lowest BCUT2D eigenvalue weighted by Crippen LogP contribution is -2.29. The van der Waals surface area contributed by atoms with E-state index in [1.54, 1.807) is 43.3 Å². The normalized spacial score (nSPS) is 10.6. The molecular weight excluding hydrogens is 345 g/mol. The number of aliphatic hydroxyl groups excluding tert-OH is 1. The molecule has 27 heavy (non-hydrogen) atoms. The molecule has 5 nitrogen and oxygen atoms in total. The van der Waals surface area contributed by atoms with Gasteiger partial charge in [0.15, 0.2) is 0 Å². The molecule has 0 amide bonds. The van der Waals surface area contributed by atoms with Crippen molar-refractivity contribution in [2.45, 2.75) is 19.9 Å². The van der Waals surface area contributed by atoms with E-state index < -0.39 is 0 Å². The van der Waals surface area contributed by atoms with Crippen molar-refractivity contribution in [1.82, 2.24) is 9.55 Å². The van der Waals surface area contributed by atoms with Crippen LogP contribution in [-0.2, 0) is 13.0 Å². The number of aryl methyl sites for hydroxylation is 1. The topological polar surface area (TPSA) is 78.9 Å². The van der Waals surface area contributed by atoms with Gasteiger partial charge < -0.3 is 5.11 Å². The summed E-state index contributed by atoms with van der Waals surface area (Å²) < 4.78 is 14.8. The molecule has 0 aliphatic heterocycles. The zero-order valence-electron chi connectivity index (χ0n) is 14.8. The number of aliphatic hydroxyl groups is 1. The molecule has 0 spiro atoms. The monoisotopic (exact) mass is 363 g/mol. The summed E-state index contributed by atoms with van der Waals surface area (Å²) in [5, 5.41) is 18.2. The molecule has 0 aliphatic carbocycles. The van der Waals surface area contributed by atoms with Crippen LogP contribution in [-0.4, -0.2) is 21.3 Å². The lowest BCUT2D eigenvalue weighted by Gasteiger charge is -2.16. The van der Waals surface area contributed by atoms with Crippen molar-refractivity contribution in [2.75, 3.05) is 6.61 Å². The average molecular weight is 363 g/mol. The van der Waals surface area contributed by atoms with E-state index in [-0.39, 0.29) is 30.9 Å². The second-order valence-electron chi connectivity index (χ2n) is 6.18. The largest absolute Gasteiger partial charge is 0.396 e. The number of hydrogen-bond acceptors (Lipinski definition) is 4. The molecule has 0 atom stereocenters. The second-order valence-corrected chi connectivity index (χ2v) is 6.18. The summed E-state index contributed by atoms with van der Waals surface area (Å²) in [6.45, 7) is 1.83. The van der Waals surface area contributed by atoms with Gasteiger partial charge in [-0.2, -0.15) is 5.26 Å². The van der Waals surface area contributed by atoms with Crippen LogP contribution < -0.4 is 5.56 Å². The smallest absolute Gasteiger partial charge is 0.257 e. The van der Waals surface area contributed by atoms with Crippen LogP contribution >= 0.6 is 0 Å². The van der Waals surface area contributed by atoms with Crippen LogP contribution in [0.25, 0.3) is 11.4 Å². The third-order valence-corrected chi connectivity index (χ3v) is 4.36. The Morgan fingerprint density at radius 2 is 1.81 bits per heavy atom. The molecule has 136 valence electrons. The number of rotatable bonds is 5. The van der Waals surface area contributed by atoms with Gasteiger partial charge in [0.1, 0.15) is 11.6 Å². The summed E-state index contributed by atoms with van der Waals surface area (Å²) in [4.78, 5) is 17.6. The number of aromatic nitrogens is 2. The molecule has 1 heterocycles. The quantitative estimate of drug-likeness (QED) is 0.756. The van der Waals surface area contributed by atoms with E-state index in [2.05, 4.69) is 11.1 Å². The minimum Gasteiger partial charge on any atom is -0.396 e. The number of nitriles is 1. The fraction of sp³-hybridized carbons (Fsp3) is 0.190. The fourth-order valence-corrected chi connectivity index (χ4v) is 2.93. The molecule has 1 N–H and O–H groups in total. The molecule has 0 saturated carbocycles. The predicted molar refractivity (Wildman–Crippen MR) is 99.7 cm³/mol. The first-order valence-electron chi connectivity index (χ1n) is 8.49. The summed E-state index contributed by atoms with van der Waals surface area (Å²) in [5.41, 5.74) is 2.76. The molecule has 2 aromatic carbocycles. The standard InChI is InChI=1S/C21H18FN3O2/c1-14-19(10-11-26)21(27)25(13-16-4-2-15(12-23)3-5-16)20(24-14)17-6-8-18(22)9-7-17/h2-9,26H,10-11,13H2,1H3. The number of benzene rings is 2. The van der Waals surface area contributed by atoms with E-state index in [1.165, 1.54) is 16.7 Å². The summed E-state index contributed by atoms with van der Waals surface area (Å²) in [6.07, 6.45) is 0.217. The summed E-state index contributed by atoms with van der Waals surface area (Å²) in [7, 11) is 0. The van der Waals surface area contributed by atoms with Crippen molar-refractivity contribution in [3.05, 3.63) is 87.1 Å². The van der Waals surface area contributed by atoms with Crippen molar-refractivity contribution in [3.63, 3.8) is 0 Å². The van der Waals surface area contributed by atoms with Gasteiger partial charge in [-0.05, 0) is 48.9 Å². The third kappa shape index (κ3) is 3.94. The lowest BCUT2D eigenvalue weighted by atomic mass is 10.1. The van der Waals surface area contributed by atoms with Crippen molar-refractivity contribution in [3.8, 4) is 17.5 Å². The van der Waals surface area contributed by atoms with Crippen LogP contribution in [0.15, 0.2) is 53.3 Å². The summed E-state index contributed by atoms with van der Waals surface area (Å²) >= 11 is 0. The second kappa shape index (κ2) is 7.94. The van der Waals surface area contributed by atoms with Gasteiger partial charge >= 0.3 is 0 Å². The third-order valence-electron chi connectivity index (χ3n) is 4.36. The zero-order chi connectivity index (χ0) is 19.4. The molecule has 1 aromatic heterocycles. The van der Waals surface area contributed by atoms with Gasteiger partial charge in [-0.25, -0.2) is 9.37 Å². The van der Waals surface area contributed by atoms with E-state index >= 15 is 0 Å². The number of hydrogen-bond donors (Lipinski definition) is 1. The van der Waals surface area contributed by atoms with Crippen LogP contribution in [0.5, 0.6) is 0 Å². The lowest BCUT2D eigenvalue weighted by molar-refractivity contribution is 0.298. The van der Waals surface area contributed by atoms with Crippen LogP contribution in [0.3, 0.4) is 0 Å². The molecule has 0 saturated heterocycles. The Labute approximate surface area is 156 Å². The van der Waals surface area contributed by atoms with Crippen LogP contribution in [0.1, 0.15) is 22.4 Å². The summed E-state index contributed by atoms with van der Waals surface area (Å²) in [6, 6.07) is 14.8.